The number of rotatable bonds is 3. The van der Waals surface area contributed by atoms with E-state index in [9.17, 15) is 0 Å². The normalized spacial score (nSPS) is 35.0. The van der Waals surface area contributed by atoms with E-state index in [-0.39, 0.29) is 12.4 Å². The molecule has 4 bridgehead atoms. The molecule has 2 saturated carbocycles. The third-order valence-corrected chi connectivity index (χ3v) is 5.14. The van der Waals surface area contributed by atoms with Crippen LogP contribution >= 0.6 is 12.4 Å². The van der Waals surface area contributed by atoms with Gasteiger partial charge >= 0.3 is 6.01 Å². The number of nitrogens with zero attached hydrogens (tertiary/aromatic N) is 3. The number of anilines is 1. The molecule has 0 aromatic carbocycles. The van der Waals surface area contributed by atoms with Crippen molar-refractivity contribution in [1.82, 2.24) is 15.5 Å². The van der Waals surface area contributed by atoms with E-state index >= 15 is 0 Å². The summed E-state index contributed by atoms with van der Waals surface area (Å²) in [6.45, 7) is 1.78. The van der Waals surface area contributed by atoms with Gasteiger partial charge < -0.3 is 14.6 Å². The van der Waals surface area contributed by atoms with Gasteiger partial charge in [-0.05, 0) is 56.9 Å². The minimum absolute atomic E-state index is 0. The molecule has 6 heteroatoms. The number of aromatic nitrogens is 2. The predicted molar refractivity (Wildman–Crippen MR) is 79.0 cm³/mol. The Labute approximate surface area is 125 Å². The molecule has 2 aliphatic carbocycles. The molecule has 5 nitrogen and oxygen atoms in total. The Morgan fingerprint density at radius 3 is 2.50 bits per heavy atom. The Kier molecular flexibility index (Phi) is 3.91. The van der Waals surface area contributed by atoms with Gasteiger partial charge in [-0.1, -0.05) is 5.10 Å². The molecule has 5 rings (SSSR count). The van der Waals surface area contributed by atoms with Crippen LogP contribution in [0.25, 0.3) is 0 Å². The highest BCUT2D eigenvalue weighted by Crippen LogP contribution is 2.48. The summed E-state index contributed by atoms with van der Waals surface area (Å²) >= 11 is 0. The van der Waals surface area contributed by atoms with Gasteiger partial charge in [-0.2, -0.15) is 0 Å². The molecule has 4 fully saturated rings. The van der Waals surface area contributed by atoms with E-state index in [1.165, 1.54) is 32.1 Å². The van der Waals surface area contributed by atoms with Gasteiger partial charge in [0, 0.05) is 12.6 Å². The molecule has 0 radical (unpaired) electrons. The van der Waals surface area contributed by atoms with Crippen LogP contribution in [-0.2, 0) is 6.54 Å². The zero-order chi connectivity index (χ0) is 12.8. The second-order valence-corrected chi connectivity index (χ2v) is 6.59. The first kappa shape index (κ1) is 14.1. The van der Waals surface area contributed by atoms with Gasteiger partial charge in [-0.25, -0.2) is 0 Å². The SMILES string of the molecule is CNCc1nnc(N2CC3CC4CC(C3)CC2C4)o1.Cl. The van der Waals surface area contributed by atoms with Crippen LogP contribution in [0, 0.1) is 17.8 Å². The average Bonchev–Trinajstić information content (AvgIpc) is 2.75. The zero-order valence-electron chi connectivity index (χ0n) is 11.9. The summed E-state index contributed by atoms with van der Waals surface area (Å²) in [6, 6.07) is 1.39. The molecule has 20 heavy (non-hydrogen) atoms. The Morgan fingerprint density at radius 1 is 1.10 bits per heavy atom. The first-order valence-electron chi connectivity index (χ1n) is 7.55. The van der Waals surface area contributed by atoms with E-state index in [0.29, 0.717) is 18.5 Å². The maximum Gasteiger partial charge on any atom is 0.318 e. The lowest BCUT2D eigenvalue weighted by atomic mass is 9.68. The molecule has 4 aliphatic rings. The van der Waals surface area contributed by atoms with Crippen molar-refractivity contribution in [3.05, 3.63) is 5.89 Å². The van der Waals surface area contributed by atoms with Gasteiger partial charge in [0.2, 0.25) is 5.89 Å². The fourth-order valence-electron chi connectivity index (χ4n) is 4.60. The van der Waals surface area contributed by atoms with Crippen LogP contribution in [0.2, 0.25) is 0 Å². The molecule has 112 valence electrons. The Morgan fingerprint density at radius 2 is 1.80 bits per heavy atom. The smallest absolute Gasteiger partial charge is 0.318 e. The molecule has 0 amide bonds. The maximum atomic E-state index is 5.82. The van der Waals surface area contributed by atoms with Crippen molar-refractivity contribution >= 4 is 18.4 Å². The van der Waals surface area contributed by atoms with Gasteiger partial charge in [-0.3, -0.25) is 0 Å². The molecule has 2 saturated heterocycles. The van der Waals surface area contributed by atoms with Crippen molar-refractivity contribution in [2.75, 3.05) is 18.5 Å². The molecule has 3 heterocycles. The fraction of sp³-hybridized carbons (Fsp3) is 0.857. The van der Waals surface area contributed by atoms with Crippen LogP contribution in [-0.4, -0.2) is 29.8 Å². The molecule has 0 spiro atoms. The summed E-state index contributed by atoms with van der Waals surface area (Å²) in [5.74, 6) is 3.44. The highest BCUT2D eigenvalue weighted by molar-refractivity contribution is 5.85. The van der Waals surface area contributed by atoms with E-state index in [2.05, 4.69) is 20.4 Å². The Bertz CT molecular complexity index is 452. The largest absolute Gasteiger partial charge is 0.407 e. The van der Waals surface area contributed by atoms with Crippen molar-refractivity contribution in [2.24, 2.45) is 17.8 Å². The van der Waals surface area contributed by atoms with Crippen molar-refractivity contribution < 1.29 is 4.42 Å². The van der Waals surface area contributed by atoms with Crippen LogP contribution in [0.4, 0.5) is 6.01 Å². The number of nitrogens with one attached hydrogen (secondary N) is 1. The third kappa shape index (κ3) is 2.42. The number of hydrogen-bond acceptors (Lipinski definition) is 5. The van der Waals surface area contributed by atoms with Crippen LogP contribution < -0.4 is 10.2 Å². The Balaban J connectivity index is 0.00000121. The topological polar surface area (TPSA) is 54.2 Å². The van der Waals surface area contributed by atoms with Gasteiger partial charge in [0.15, 0.2) is 0 Å². The molecule has 1 N–H and O–H groups in total. The van der Waals surface area contributed by atoms with E-state index in [1.54, 1.807) is 0 Å². The second kappa shape index (κ2) is 5.53. The average molecular weight is 299 g/mol. The predicted octanol–water partition coefficient (Wildman–Crippen LogP) is 2.23. The number of fused-ring (bicyclic) bond motifs is 1. The maximum absolute atomic E-state index is 5.82. The summed E-state index contributed by atoms with van der Waals surface area (Å²) in [4.78, 5) is 2.41. The van der Waals surface area contributed by atoms with Gasteiger partial charge in [0.05, 0.1) is 6.54 Å². The highest BCUT2D eigenvalue weighted by atomic mass is 35.5. The van der Waals surface area contributed by atoms with Gasteiger partial charge in [0.1, 0.15) is 0 Å². The second-order valence-electron chi connectivity index (χ2n) is 6.59. The molecule has 2 unspecified atom stereocenters. The van der Waals surface area contributed by atoms with Gasteiger partial charge in [0.25, 0.3) is 0 Å². The monoisotopic (exact) mass is 298 g/mol. The lowest BCUT2D eigenvalue weighted by Crippen LogP contribution is -2.38. The quantitative estimate of drug-likeness (QED) is 0.927. The van der Waals surface area contributed by atoms with Crippen molar-refractivity contribution in [1.29, 1.82) is 0 Å². The fourth-order valence-corrected chi connectivity index (χ4v) is 4.60. The minimum atomic E-state index is 0. The lowest BCUT2D eigenvalue weighted by molar-refractivity contribution is 0.157. The molecular formula is C14H23ClN4O. The van der Waals surface area contributed by atoms with Crippen LogP contribution in [0.15, 0.2) is 4.42 Å². The zero-order valence-corrected chi connectivity index (χ0v) is 12.7. The van der Waals surface area contributed by atoms with E-state index in [1.807, 2.05) is 7.05 Å². The van der Waals surface area contributed by atoms with Crippen LogP contribution in [0.5, 0.6) is 0 Å². The summed E-state index contributed by atoms with van der Waals surface area (Å²) in [6.07, 6.45) is 6.96. The number of halogens is 1. The van der Waals surface area contributed by atoms with Gasteiger partial charge in [-0.15, -0.1) is 17.5 Å². The standard InChI is InChI=1S/C14H22N4O.ClH/c1-15-7-13-16-17-14(19-13)18-8-11-3-9-2-10(4-11)6-12(18)5-9;/h9-12,15H,2-8H2,1H3;1H. The minimum Gasteiger partial charge on any atom is -0.407 e. The van der Waals surface area contributed by atoms with Crippen LogP contribution in [0.3, 0.4) is 0 Å². The molecular weight excluding hydrogens is 276 g/mol. The van der Waals surface area contributed by atoms with E-state index in [4.69, 9.17) is 4.42 Å². The van der Waals surface area contributed by atoms with Crippen LogP contribution in [0.1, 0.15) is 38.0 Å². The first-order chi connectivity index (χ1) is 9.31. The molecule has 2 aliphatic heterocycles. The highest BCUT2D eigenvalue weighted by Gasteiger charge is 2.43. The van der Waals surface area contributed by atoms with E-state index in [0.717, 1.165) is 30.3 Å². The number of hydrogen-bond donors (Lipinski definition) is 1. The third-order valence-electron chi connectivity index (χ3n) is 5.14. The van der Waals surface area contributed by atoms with E-state index < -0.39 is 0 Å². The Hall–Kier alpha value is -0.810. The summed E-state index contributed by atoms with van der Waals surface area (Å²) < 4.78 is 5.82. The molecule has 1 aromatic rings. The van der Waals surface area contributed by atoms with Crippen molar-refractivity contribution in [3.63, 3.8) is 0 Å². The molecule has 2 atom stereocenters. The summed E-state index contributed by atoms with van der Waals surface area (Å²) in [7, 11) is 1.90. The first-order valence-corrected chi connectivity index (χ1v) is 7.55. The lowest BCUT2D eigenvalue weighted by Gasteiger charge is -2.38. The van der Waals surface area contributed by atoms with Crippen molar-refractivity contribution in [2.45, 2.75) is 44.7 Å². The summed E-state index contributed by atoms with van der Waals surface area (Å²) in [5, 5.41) is 11.5. The summed E-state index contributed by atoms with van der Waals surface area (Å²) in [5.41, 5.74) is 0. The van der Waals surface area contributed by atoms with Crippen molar-refractivity contribution in [3.8, 4) is 0 Å². The molecule has 1 aromatic heterocycles.